The van der Waals surface area contributed by atoms with E-state index in [4.69, 9.17) is 16.3 Å². The van der Waals surface area contributed by atoms with Gasteiger partial charge in [0.05, 0.1) is 17.2 Å². The predicted octanol–water partition coefficient (Wildman–Crippen LogP) is 4.08. The molecule has 6 heteroatoms. The molecule has 156 valence electrons. The van der Waals surface area contributed by atoms with E-state index in [2.05, 4.69) is 16.0 Å². The van der Waals surface area contributed by atoms with Crippen LogP contribution in [0, 0.1) is 11.3 Å². The summed E-state index contributed by atoms with van der Waals surface area (Å²) in [6.07, 6.45) is 9.12. The summed E-state index contributed by atoms with van der Waals surface area (Å²) < 4.78 is 5.01. The van der Waals surface area contributed by atoms with Crippen molar-refractivity contribution in [3.8, 4) is 0 Å². The zero-order valence-electron chi connectivity index (χ0n) is 17.0. The number of amides is 1. The molecule has 2 saturated carbocycles. The maximum absolute atomic E-state index is 12.8. The first-order valence-corrected chi connectivity index (χ1v) is 11.0. The van der Waals surface area contributed by atoms with E-state index in [0.717, 1.165) is 37.8 Å². The highest BCUT2D eigenvalue weighted by Crippen LogP contribution is 2.48. The van der Waals surface area contributed by atoms with Crippen molar-refractivity contribution in [2.75, 3.05) is 45.2 Å². The number of rotatable bonds is 10. The van der Waals surface area contributed by atoms with Gasteiger partial charge in [0.25, 0.3) is 5.91 Å². The molecule has 0 atom stereocenters. The van der Waals surface area contributed by atoms with E-state index >= 15 is 0 Å². The minimum atomic E-state index is -0.0612. The predicted molar refractivity (Wildman–Crippen MR) is 115 cm³/mol. The summed E-state index contributed by atoms with van der Waals surface area (Å²) in [6, 6.07) is 5.57. The van der Waals surface area contributed by atoms with E-state index in [1.165, 1.54) is 44.9 Å². The summed E-state index contributed by atoms with van der Waals surface area (Å²) in [5.74, 6) is 0.807. The van der Waals surface area contributed by atoms with Crippen LogP contribution in [-0.2, 0) is 4.74 Å². The molecular weight excluding hydrogens is 374 g/mol. The summed E-state index contributed by atoms with van der Waals surface area (Å²) in [5, 5.41) is 10.3. The van der Waals surface area contributed by atoms with Crippen LogP contribution in [0.3, 0.4) is 0 Å². The van der Waals surface area contributed by atoms with Gasteiger partial charge in [-0.2, -0.15) is 0 Å². The molecule has 3 rings (SSSR count). The van der Waals surface area contributed by atoms with E-state index in [1.807, 2.05) is 12.1 Å². The molecule has 0 aliphatic heterocycles. The number of halogens is 1. The molecule has 2 fully saturated rings. The normalized spacial score (nSPS) is 24.0. The highest BCUT2D eigenvalue weighted by Gasteiger charge is 2.39. The Morgan fingerprint density at radius 2 is 2.00 bits per heavy atom. The van der Waals surface area contributed by atoms with Gasteiger partial charge in [0.1, 0.15) is 0 Å². The molecule has 0 radical (unpaired) electrons. The Kier molecular flexibility index (Phi) is 8.00. The van der Waals surface area contributed by atoms with Crippen molar-refractivity contribution in [3.63, 3.8) is 0 Å². The molecular formula is C22H34ClN3O2. The van der Waals surface area contributed by atoms with Crippen LogP contribution < -0.4 is 16.0 Å². The number of carbonyl (C=O) groups is 1. The van der Waals surface area contributed by atoms with E-state index in [1.54, 1.807) is 13.2 Å². The van der Waals surface area contributed by atoms with Crippen LogP contribution in [0.4, 0.5) is 5.69 Å². The maximum atomic E-state index is 12.8. The third-order valence-electron chi connectivity index (χ3n) is 6.31. The third kappa shape index (κ3) is 5.85. The lowest BCUT2D eigenvalue weighted by atomic mass is 9.62. The van der Waals surface area contributed by atoms with Crippen LogP contribution in [0.2, 0.25) is 5.02 Å². The van der Waals surface area contributed by atoms with Gasteiger partial charge in [0, 0.05) is 39.0 Å². The van der Waals surface area contributed by atoms with Crippen LogP contribution in [0.5, 0.6) is 0 Å². The van der Waals surface area contributed by atoms with Crippen molar-refractivity contribution in [2.45, 2.75) is 44.9 Å². The Bertz CT molecular complexity index is 643. The second kappa shape index (κ2) is 10.5. The first-order valence-electron chi connectivity index (χ1n) is 10.6. The average Bonchev–Trinajstić information content (AvgIpc) is 2.70. The topological polar surface area (TPSA) is 62.4 Å². The summed E-state index contributed by atoms with van der Waals surface area (Å²) in [7, 11) is 1.70. The zero-order chi connectivity index (χ0) is 19.8. The second-order valence-corrected chi connectivity index (χ2v) is 8.81. The zero-order valence-corrected chi connectivity index (χ0v) is 17.7. The Morgan fingerprint density at radius 1 is 1.21 bits per heavy atom. The standard InChI is InChI=1S/C22H34ClN3O2/c1-28-13-12-24-10-11-25-18-6-7-20(23)19(14-18)21(27)26-16-22-8-2-4-17(15-22)5-3-9-22/h6-7,14,17,24-25H,2-5,8-13,15-16H2,1H3,(H,26,27). The fourth-order valence-electron chi connectivity index (χ4n) is 4.84. The van der Waals surface area contributed by atoms with Gasteiger partial charge in [-0.05, 0) is 48.8 Å². The second-order valence-electron chi connectivity index (χ2n) is 8.40. The number of fused-ring (bicyclic) bond motifs is 2. The lowest BCUT2D eigenvalue weighted by molar-refractivity contribution is 0.0682. The molecule has 0 aromatic heterocycles. The summed E-state index contributed by atoms with van der Waals surface area (Å²) in [4.78, 5) is 12.8. The van der Waals surface area contributed by atoms with Crippen LogP contribution in [0.1, 0.15) is 55.3 Å². The largest absolute Gasteiger partial charge is 0.384 e. The minimum Gasteiger partial charge on any atom is -0.384 e. The van der Waals surface area contributed by atoms with Crippen molar-refractivity contribution in [3.05, 3.63) is 28.8 Å². The summed E-state index contributed by atoms with van der Waals surface area (Å²) >= 11 is 6.32. The quantitative estimate of drug-likeness (QED) is 0.511. The molecule has 5 nitrogen and oxygen atoms in total. The van der Waals surface area contributed by atoms with Crippen molar-refractivity contribution in [1.82, 2.24) is 10.6 Å². The van der Waals surface area contributed by atoms with E-state index in [-0.39, 0.29) is 5.91 Å². The molecule has 0 saturated heterocycles. The molecule has 2 aliphatic rings. The molecule has 1 aromatic carbocycles. The van der Waals surface area contributed by atoms with Crippen molar-refractivity contribution in [1.29, 1.82) is 0 Å². The van der Waals surface area contributed by atoms with Crippen LogP contribution in [0.25, 0.3) is 0 Å². The van der Waals surface area contributed by atoms with Crippen LogP contribution in [0.15, 0.2) is 18.2 Å². The Morgan fingerprint density at radius 3 is 2.75 bits per heavy atom. The Hall–Kier alpha value is -1.30. The number of anilines is 1. The molecule has 0 heterocycles. The Labute approximate surface area is 173 Å². The highest BCUT2D eigenvalue weighted by molar-refractivity contribution is 6.34. The van der Waals surface area contributed by atoms with Gasteiger partial charge < -0.3 is 20.7 Å². The minimum absolute atomic E-state index is 0.0612. The van der Waals surface area contributed by atoms with Gasteiger partial charge in [-0.25, -0.2) is 0 Å². The van der Waals surface area contributed by atoms with E-state index in [0.29, 0.717) is 22.6 Å². The summed E-state index contributed by atoms with van der Waals surface area (Å²) in [6.45, 7) is 3.91. The number of carbonyl (C=O) groups excluding carboxylic acids is 1. The molecule has 2 bridgehead atoms. The molecule has 2 aliphatic carbocycles. The molecule has 28 heavy (non-hydrogen) atoms. The van der Waals surface area contributed by atoms with Crippen molar-refractivity contribution < 1.29 is 9.53 Å². The van der Waals surface area contributed by atoms with Crippen LogP contribution >= 0.6 is 11.6 Å². The maximum Gasteiger partial charge on any atom is 0.252 e. The number of hydrogen-bond donors (Lipinski definition) is 3. The van der Waals surface area contributed by atoms with Crippen LogP contribution in [-0.4, -0.2) is 45.8 Å². The van der Waals surface area contributed by atoms with Gasteiger partial charge in [-0.15, -0.1) is 0 Å². The smallest absolute Gasteiger partial charge is 0.252 e. The van der Waals surface area contributed by atoms with Gasteiger partial charge >= 0.3 is 0 Å². The molecule has 1 aromatic rings. The SMILES string of the molecule is COCCNCCNc1ccc(Cl)c(C(=O)NCC23CCCC(CCC2)C3)c1. The van der Waals surface area contributed by atoms with Crippen molar-refractivity contribution in [2.24, 2.45) is 11.3 Å². The number of nitrogens with one attached hydrogen (secondary N) is 3. The first kappa shape index (κ1) is 21.4. The number of hydrogen-bond acceptors (Lipinski definition) is 4. The number of ether oxygens (including phenoxy) is 1. The molecule has 1 amide bonds. The van der Waals surface area contributed by atoms with E-state index in [9.17, 15) is 4.79 Å². The number of methoxy groups -OCH3 is 1. The van der Waals surface area contributed by atoms with E-state index < -0.39 is 0 Å². The highest BCUT2D eigenvalue weighted by atomic mass is 35.5. The molecule has 3 N–H and O–H groups in total. The van der Waals surface area contributed by atoms with Crippen molar-refractivity contribution >= 4 is 23.2 Å². The summed E-state index contributed by atoms with van der Waals surface area (Å²) in [5.41, 5.74) is 1.78. The van der Waals surface area contributed by atoms with Gasteiger partial charge in [-0.1, -0.05) is 37.3 Å². The third-order valence-corrected chi connectivity index (χ3v) is 6.64. The molecule has 0 unspecified atom stereocenters. The number of benzene rings is 1. The Balaban J connectivity index is 1.51. The van der Waals surface area contributed by atoms with Gasteiger partial charge in [0.15, 0.2) is 0 Å². The first-order chi connectivity index (χ1) is 13.6. The fraction of sp³-hybridized carbons (Fsp3) is 0.682. The monoisotopic (exact) mass is 407 g/mol. The van der Waals surface area contributed by atoms with Gasteiger partial charge in [0.2, 0.25) is 0 Å². The molecule has 0 spiro atoms. The lowest BCUT2D eigenvalue weighted by Gasteiger charge is -2.45. The van der Waals surface area contributed by atoms with Gasteiger partial charge in [-0.3, -0.25) is 4.79 Å². The fourth-order valence-corrected chi connectivity index (χ4v) is 5.04. The lowest BCUT2D eigenvalue weighted by Crippen LogP contribution is -2.43. The average molecular weight is 408 g/mol.